The lowest BCUT2D eigenvalue weighted by Crippen LogP contribution is -1.98. The second-order valence-electron chi connectivity index (χ2n) is 3.65. The topological polar surface area (TPSA) is 25.8 Å². The maximum atomic E-state index is 6.12. The largest absolute Gasteiger partial charge is 0.154 e. The summed E-state index contributed by atoms with van der Waals surface area (Å²) < 4.78 is 0. The molecule has 1 aromatic carbocycles. The molecule has 2 aromatic rings. The highest BCUT2D eigenvalue weighted by molar-refractivity contribution is 6.36. The molecule has 0 N–H and O–H groups in total. The van der Waals surface area contributed by atoms with Crippen LogP contribution in [0, 0.1) is 6.92 Å². The molecular formula is C12H9Cl3N2. The molecule has 0 amide bonds. The Labute approximate surface area is 115 Å². The number of aromatic nitrogens is 2. The Hall–Kier alpha value is -0.830. The fourth-order valence-electron chi connectivity index (χ4n) is 1.53. The molecule has 2 rings (SSSR count). The Morgan fingerprint density at radius 1 is 1.06 bits per heavy atom. The molecule has 0 aliphatic carbocycles. The van der Waals surface area contributed by atoms with Gasteiger partial charge in [-0.2, -0.15) is 5.10 Å². The first-order valence-corrected chi connectivity index (χ1v) is 6.13. The number of hydrogen-bond acceptors (Lipinski definition) is 2. The first-order chi connectivity index (χ1) is 8.08. The Bertz CT molecular complexity index is 535. The van der Waals surface area contributed by atoms with Gasteiger partial charge in [0.05, 0.1) is 5.69 Å². The zero-order chi connectivity index (χ0) is 12.4. The van der Waals surface area contributed by atoms with Crippen LogP contribution in [0.25, 0.3) is 0 Å². The molecule has 2 nitrogen and oxygen atoms in total. The van der Waals surface area contributed by atoms with Crippen molar-refractivity contribution in [2.24, 2.45) is 0 Å². The highest BCUT2D eigenvalue weighted by atomic mass is 35.5. The van der Waals surface area contributed by atoms with E-state index in [1.165, 1.54) is 0 Å². The molecule has 1 heterocycles. The first kappa shape index (κ1) is 12.6. The van der Waals surface area contributed by atoms with E-state index in [9.17, 15) is 0 Å². The van der Waals surface area contributed by atoms with Crippen molar-refractivity contribution < 1.29 is 0 Å². The molecule has 0 saturated carbocycles. The van der Waals surface area contributed by atoms with Crippen LogP contribution in [0.4, 0.5) is 0 Å². The van der Waals surface area contributed by atoms with Crippen molar-refractivity contribution >= 4 is 34.8 Å². The predicted molar refractivity (Wildman–Crippen MR) is 71.0 cm³/mol. The summed E-state index contributed by atoms with van der Waals surface area (Å²) in [5, 5.41) is 9.40. The summed E-state index contributed by atoms with van der Waals surface area (Å²) in [5.41, 5.74) is 2.67. The fourth-order valence-corrected chi connectivity index (χ4v) is 2.24. The summed E-state index contributed by atoms with van der Waals surface area (Å²) >= 11 is 18.1. The normalized spacial score (nSPS) is 10.6. The highest BCUT2D eigenvalue weighted by Crippen LogP contribution is 2.27. The van der Waals surface area contributed by atoms with E-state index in [0.29, 0.717) is 21.6 Å². The summed E-state index contributed by atoms with van der Waals surface area (Å²) in [6, 6.07) is 7.23. The molecule has 0 radical (unpaired) electrons. The molecular weight excluding hydrogens is 279 g/mol. The minimum Gasteiger partial charge on any atom is -0.154 e. The third kappa shape index (κ3) is 2.89. The number of benzene rings is 1. The van der Waals surface area contributed by atoms with Crippen molar-refractivity contribution in [3.8, 4) is 0 Å². The number of rotatable bonds is 2. The number of halogens is 3. The van der Waals surface area contributed by atoms with Gasteiger partial charge in [-0.1, -0.05) is 40.9 Å². The summed E-state index contributed by atoms with van der Waals surface area (Å²) in [6.07, 6.45) is 0.597. The van der Waals surface area contributed by atoms with Crippen molar-refractivity contribution in [3.05, 3.63) is 56.3 Å². The molecule has 0 aliphatic rings. The Morgan fingerprint density at radius 2 is 1.71 bits per heavy atom. The lowest BCUT2D eigenvalue weighted by Gasteiger charge is -2.08. The van der Waals surface area contributed by atoms with Gasteiger partial charge in [0.1, 0.15) is 0 Å². The van der Waals surface area contributed by atoms with Gasteiger partial charge in [0.15, 0.2) is 5.15 Å². The molecule has 17 heavy (non-hydrogen) atoms. The monoisotopic (exact) mass is 286 g/mol. The van der Waals surface area contributed by atoms with Crippen LogP contribution in [0.5, 0.6) is 0 Å². The van der Waals surface area contributed by atoms with E-state index in [-0.39, 0.29) is 0 Å². The molecule has 0 fully saturated rings. The molecule has 0 unspecified atom stereocenters. The van der Waals surface area contributed by atoms with Crippen LogP contribution in [0.2, 0.25) is 15.2 Å². The van der Waals surface area contributed by atoms with Crippen molar-refractivity contribution in [2.45, 2.75) is 13.3 Å². The van der Waals surface area contributed by atoms with Crippen LogP contribution >= 0.6 is 34.8 Å². The van der Waals surface area contributed by atoms with Crippen LogP contribution in [-0.2, 0) is 6.42 Å². The average Bonchev–Trinajstić information content (AvgIpc) is 2.28. The minimum atomic E-state index is 0.369. The fraction of sp³-hybridized carbons (Fsp3) is 0.167. The maximum absolute atomic E-state index is 6.12. The van der Waals surface area contributed by atoms with Gasteiger partial charge < -0.3 is 0 Å². The summed E-state index contributed by atoms with van der Waals surface area (Å²) in [4.78, 5) is 0. The van der Waals surface area contributed by atoms with Crippen LogP contribution in [0.1, 0.15) is 16.8 Å². The molecule has 0 atom stereocenters. The SMILES string of the molecule is Cc1nnc(Cl)cc1Cc1c(Cl)cccc1Cl. The summed E-state index contributed by atoms with van der Waals surface area (Å²) in [5.74, 6) is 0. The van der Waals surface area contributed by atoms with E-state index in [1.807, 2.05) is 25.1 Å². The van der Waals surface area contributed by atoms with E-state index in [1.54, 1.807) is 6.07 Å². The minimum absolute atomic E-state index is 0.369. The second kappa shape index (κ2) is 5.21. The van der Waals surface area contributed by atoms with Crippen LogP contribution < -0.4 is 0 Å². The smallest absolute Gasteiger partial charge is 0.152 e. The van der Waals surface area contributed by atoms with Gasteiger partial charge in [0.2, 0.25) is 0 Å². The number of hydrogen-bond donors (Lipinski definition) is 0. The zero-order valence-electron chi connectivity index (χ0n) is 9.04. The van der Waals surface area contributed by atoms with Gasteiger partial charge in [0, 0.05) is 16.5 Å². The van der Waals surface area contributed by atoms with Gasteiger partial charge in [-0.3, -0.25) is 0 Å². The van der Waals surface area contributed by atoms with E-state index < -0.39 is 0 Å². The molecule has 0 spiro atoms. The quantitative estimate of drug-likeness (QED) is 0.821. The molecule has 1 aromatic heterocycles. The lowest BCUT2D eigenvalue weighted by molar-refractivity contribution is 0.942. The van der Waals surface area contributed by atoms with E-state index in [4.69, 9.17) is 34.8 Å². The Balaban J connectivity index is 2.41. The highest BCUT2D eigenvalue weighted by Gasteiger charge is 2.09. The van der Waals surface area contributed by atoms with Gasteiger partial charge in [-0.25, -0.2) is 0 Å². The van der Waals surface area contributed by atoms with Crippen LogP contribution in [0.3, 0.4) is 0 Å². The molecule has 0 saturated heterocycles. The molecule has 88 valence electrons. The lowest BCUT2D eigenvalue weighted by atomic mass is 10.0. The van der Waals surface area contributed by atoms with Gasteiger partial charge in [0.25, 0.3) is 0 Å². The molecule has 5 heteroatoms. The van der Waals surface area contributed by atoms with Crippen molar-refractivity contribution in [1.82, 2.24) is 10.2 Å². The third-order valence-electron chi connectivity index (χ3n) is 2.48. The van der Waals surface area contributed by atoms with E-state index in [2.05, 4.69) is 10.2 Å². The first-order valence-electron chi connectivity index (χ1n) is 4.99. The van der Waals surface area contributed by atoms with Gasteiger partial charge in [-0.05, 0) is 36.2 Å². The second-order valence-corrected chi connectivity index (χ2v) is 4.86. The van der Waals surface area contributed by atoms with Crippen LogP contribution in [0.15, 0.2) is 24.3 Å². The predicted octanol–water partition coefficient (Wildman–Crippen LogP) is 4.34. The van der Waals surface area contributed by atoms with E-state index >= 15 is 0 Å². The Kier molecular flexibility index (Phi) is 3.87. The summed E-state index contributed by atoms with van der Waals surface area (Å²) in [7, 11) is 0. The molecule has 0 aliphatic heterocycles. The number of nitrogens with zero attached hydrogens (tertiary/aromatic N) is 2. The number of aryl methyl sites for hydroxylation is 1. The van der Waals surface area contributed by atoms with Crippen LogP contribution in [-0.4, -0.2) is 10.2 Å². The third-order valence-corrected chi connectivity index (χ3v) is 3.38. The maximum Gasteiger partial charge on any atom is 0.152 e. The van der Waals surface area contributed by atoms with Crippen molar-refractivity contribution in [2.75, 3.05) is 0 Å². The van der Waals surface area contributed by atoms with Crippen molar-refractivity contribution in [1.29, 1.82) is 0 Å². The zero-order valence-corrected chi connectivity index (χ0v) is 11.3. The van der Waals surface area contributed by atoms with Gasteiger partial charge in [-0.15, -0.1) is 5.10 Å². The van der Waals surface area contributed by atoms with E-state index in [0.717, 1.165) is 16.8 Å². The van der Waals surface area contributed by atoms with Crippen molar-refractivity contribution in [3.63, 3.8) is 0 Å². The Morgan fingerprint density at radius 3 is 2.35 bits per heavy atom. The van der Waals surface area contributed by atoms with Gasteiger partial charge >= 0.3 is 0 Å². The molecule has 0 bridgehead atoms. The summed E-state index contributed by atoms with van der Waals surface area (Å²) in [6.45, 7) is 1.88. The standard InChI is InChI=1S/C12H9Cl3N2/c1-7-8(6-12(15)17-16-7)5-9-10(13)3-2-4-11(9)14/h2-4,6H,5H2,1H3. The average molecular weight is 288 g/mol.